The summed E-state index contributed by atoms with van der Waals surface area (Å²) in [5, 5.41) is 0. The number of carbonyl (C=O) groups excluding carboxylic acids is 1. The van der Waals surface area contributed by atoms with E-state index in [-0.39, 0.29) is 5.78 Å². The number of hydrogen-bond donors (Lipinski definition) is 0. The van der Waals surface area contributed by atoms with Crippen molar-refractivity contribution in [2.24, 2.45) is 0 Å². The molecule has 0 aliphatic carbocycles. The largest absolute Gasteiger partial charge is 0.496 e. The van der Waals surface area contributed by atoms with Gasteiger partial charge in [0.25, 0.3) is 0 Å². The lowest BCUT2D eigenvalue weighted by atomic mass is 10.1. The maximum absolute atomic E-state index is 12.1. The van der Waals surface area contributed by atoms with Crippen LogP contribution in [0.2, 0.25) is 0 Å². The van der Waals surface area contributed by atoms with E-state index in [2.05, 4.69) is 31.9 Å². The molecular formula is C16H14Br2O2S. The number of rotatable bonds is 6. The first-order valence-corrected chi connectivity index (χ1v) is 8.88. The van der Waals surface area contributed by atoms with Gasteiger partial charge in [-0.05, 0) is 61.7 Å². The van der Waals surface area contributed by atoms with E-state index in [9.17, 15) is 4.79 Å². The summed E-state index contributed by atoms with van der Waals surface area (Å²) in [6, 6.07) is 13.6. The summed E-state index contributed by atoms with van der Waals surface area (Å²) in [7, 11) is 1.62. The highest BCUT2D eigenvalue weighted by Gasteiger charge is 2.08. The SMILES string of the molecule is COc1ccc(CC(=O)CSc2ccccc2Br)cc1Br. The third kappa shape index (κ3) is 4.87. The van der Waals surface area contributed by atoms with E-state index in [1.165, 1.54) is 0 Å². The first kappa shape index (κ1) is 16.6. The predicted octanol–water partition coefficient (Wildman–Crippen LogP) is 5.12. The molecule has 0 saturated carbocycles. The molecule has 0 atom stereocenters. The Kier molecular flexibility index (Phi) is 6.33. The molecule has 110 valence electrons. The molecule has 2 aromatic carbocycles. The first-order chi connectivity index (χ1) is 10.1. The number of ketones is 1. The van der Waals surface area contributed by atoms with Crippen molar-refractivity contribution in [1.82, 2.24) is 0 Å². The topological polar surface area (TPSA) is 26.3 Å². The maximum Gasteiger partial charge on any atom is 0.147 e. The van der Waals surface area contributed by atoms with E-state index in [0.717, 1.165) is 25.2 Å². The fourth-order valence-corrected chi connectivity index (χ4v) is 3.83. The summed E-state index contributed by atoms with van der Waals surface area (Å²) in [6.45, 7) is 0. The Morgan fingerprint density at radius 3 is 2.57 bits per heavy atom. The van der Waals surface area contributed by atoms with E-state index < -0.39 is 0 Å². The molecule has 0 bridgehead atoms. The number of hydrogen-bond acceptors (Lipinski definition) is 3. The van der Waals surface area contributed by atoms with E-state index >= 15 is 0 Å². The van der Waals surface area contributed by atoms with E-state index in [4.69, 9.17) is 4.74 Å². The molecule has 0 fully saturated rings. The van der Waals surface area contributed by atoms with E-state index in [1.54, 1.807) is 18.9 Å². The molecule has 0 N–H and O–H groups in total. The van der Waals surface area contributed by atoms with Crippen LogP contribution in [0.15, 0.2) is 56.3 Å². The molecule has 2 rings (SSSR count). The van der Waals surface area contributed by atoms with Crippen molar-refractivity contribution in [3.63, 3.8) is 0 Å². The normalized spacial score (nSPS) is 10.4. The van der Waals surface area contributed by atoms with Crippen LogP contribution in [-0.2, 0) is 11.2 Å². The van der Waals surface area contributed by atoms with Crippen LogP contribution < -0.4 is 4.74 Å². The summed E-state index contributed by atoms with van der Waals surface area (Å²) in [5.74, 6) is 1.44. The molecule has 0 aliphatic heterocycles. The third-order valence-electron chi connectivity index (χ3n) is 2.84. The van der Waals surface area contributed by atoms with Crippen LogP contribution in [0.3, 0.4) is 0 Å². The Morgan fingerprint density at radius 1 is 1.14 bits per heavy atom. The van der Waals surface area contributed by atoms with Gasteiger partial charge in [0.2, 0.25) is 0 Å². The fraction of sp³-hybridized carbons (Fsp3) is 0.188. The van der Waals surface area contributed by atoms with Crippen molar-refractivity contribution in [2.45, 2.75) is 11.3 Å². The second-order valence-corrected chi connectivity index (χ2v) is 7.13. The molecule has 21 heavy (non-hydrogen) atoms. The minimum atomic E-state index is 0.202. The van der Waals surface area contributed by atoms with Crippen LogP contribution in [0.5, 0.6) is 5.75 Å². The number of methoxy groups -OCH3 is 1. The molecule has 0 aromatic heterocycles. The van der Waals surface area contributed by atoms with Crippen LogP contribution in [0.1, 0.15) is 5.56 Å². The van der Waals surface area contributed by atoms with Crippen LogP contribution in [0.4, 0.5) is 0 Å². The maximum atomic E-state index is 12.1. The van der Waals surface area contributed by atoms with Crippen molar-refractivity contribution >= 4 is 49.4 Å². The Labute approximate surface area is 145 Å². The summed E-state index contributed by atoms with van der Waals surface area (Å²) in [6.07, 6.45) is 0.431. The highest BCUT2D eigenvalue weighted by Crippen LogP contribution is 2.28. The van der Waals surface area contributed by atoms with Gasteiger partial charge < -0.3 is 4.74 Å². The monoisotopic (exact) mass is 428 g/mol. The number of ether oxygens (including phenoxy) is 1. The van der Waals surface area contributed by atoms with Crippen molar-refractivity contribution in [3.8, 4) is 5.75 Å². The van der Waals surface area contributed by atoms with Gasteiger partial charge in [-0.25, -0.2) is 0 Å². The quantitative estimate of drug-likeness (QED) is 0.595. The smallest absolute Gasteiger partial charge is 0.147 e. The molecule has 0 amide bonds. The Morgan fingerprint density at radius 2 is 1.90 bits per heavy atom. The van der Waals surface area contributed by atoms with Crippen molar-refractivity contribution in [2.75, 3.05) is 12.9 Å². The molecule has 2 nitrogen and oxygen atoms in total. The Balaban J connectivity index is 1.93. The zero-order valence-corrected chi connectivity index (χ0v) is 15.4. The number of benzene rings is 2. The summed E-state index contributed by atoms with van der Waals surface area (Å²) in [5.41, 5.74) is 0.986. The van der Waals surface area contributed by atoms with Crippen LogP contribution >= 0.6 is 43.6 Å². The van der Waals surface area contributed by atoms with Crippen molar-refractivity contribution < 1.29 is 9.53 Å². The van der Waals surface area contributed by atoms with Crippen molar-refractivity contribution in [3.05, 3.63) is 57.0 Å². The highest BCUT2D eigenvalue weighted by atomic mass is 79.9. The van der Waals surface area contributed by atoms with Crippen LogP contribution in [0, 0.1) is 0 Å². The summed E-state index contributed by atoms with van der Waals surface area (Å²) >= 11 is 8.47. The van der Waals surface area contributed by atoms with Gasteiger partial charge >= 0.3 is 0 Å². The average molecular weight is 430 g/mol. The minimum absolute atomic E-state index is 0.202. The number of carbonyl (C=O) groups is 1. The van der Waals surface area contributed by atoms with E-state index in [1.807, 2.05) is 42.5 Å². The predicted molar refractivity (Wildman–Crippen MR) is 94.3 cm³/mol. The standard InChI is InChI=1S/C16H14Br2O2S/c1-20-15-7-6-11(9-14(15)18)8-12(19)10-21-16-5-3-2-4-13(16)17/h2-7,9H,8,10H2,1H3. The summed E-state index contributed by atoms with van der Waals surface area (Å²) in [4.78, 5) is 13.2. The van der Waals surface area contributed by atoms with Gasteiger partial charge in [-0.1, -0.05) is 18.2 Å². The molecule has 0 unspecified atom stereocenters. The first-order valence-electron chi connectivity index (χ1n) is 6.31. The highest BCUT2D eigenvalue weighted by molar-refractivity contribution is 9.10. The Bertz CT molecular complexity index is 644. The van der Waals surface area contributed by atoms with Gasteiger partial charge in [0.05, 0.1) is 17.3 Å². The van der Waals surface area contributed by atoms with Gasteiger partial charge in [0, 0.05) is 15.8 Å². The minimum Gasteiger partial charge on any atom is -0.496 e. The van der Waals surface area contributed by atoms with Gasteiger partial charge in [0.1, 0.15) is 11.5 Å². The fourth-order valence-electron chi connectivity index (χ4n) is 1.82. The molecule has 0 radical (unpaired) electrons. The molecule has 0 heterocycles. The van der Waals surface area contributed by atoms with E-state index in [0.29, 0.717) is 12.2 Å². The zero-order chi connectivity index (χ0) is 15.2. The number of halogens is 2. The van der Waals surface area contributed by atoms with Crippen LogP contribution in [-0.4, -0.2) is 18.6 Å². The van der Waals surface area contributed by atoms with Gasteiger partial charge in [0.15, 0.2) is 0 Å². The number of Topliss-reactive ketones (excluding diaryl/α,β-unsaturated/α-hetero) is 1. The molecule has 0 aliphatic rings. The number of thioether (sulfide) groups is 1. The molecule has 5 heteroatoms. The second-order valence-electron chi connectivity index (χ2n) is 4.40. The lowest BCUT2D eigenvalue weighted by Crippen LogP contribution is -2.05. The average Bonchev–Trinajstić information content (AvgIpc) is 2.46. The molecular weight excluding hydrogens is 416 g/mol. The summed E-state index contributed by atoms with van der Waals surface area (Å²) < 4.78 is 7.07. The Hall–Kier alpha value is -0.780. The molecule has 0 spiro atoms. The van der Waals surface area contributed by atoms with Gasteiger partial charge in [-0.3, -0.25) is 4.79 Å². The third-order valence-corrected chi connectivity index (χ3v) is 5.55. The van der Waals surface area contributed by atoms with Crippen molar-refractivity contribution in [1.29, 1.82) is 0 Å². The van der Waals surface area contributed by atoms with Gasteiger partial charge in [-0.2, -0.15) is 0 Å². The molecule has 2 aromatic rings. The lowest BCUT2D eigenvalue weighted by Gasteiger charge is -2.06. The van der Waals surface area contributed by atoms with Gasteiger partial charge in [-0.15, -0.1) is 11.8 Å². The second kappa shape index (κ2) is 8.01. The zero-order valence-electron chi connectivity index (χ0n) is 11.4. The molecule has 0 saturated heterocycles. The van der Waals surface area contributed by atoms with Crippen LogP contribution in [0.25, 0.3) is 0 Å². The lowest BCUT2D eigenvalue weighted by molar-refractivity contribution is -0.116.